The van der Waals surface area contributed by atoms with Gasteiger partial charge in [0.2, 0.25) is 0 Å². The van der Waals surface area contributed by atoms with Crippen molar-refractivity contribution in [1.29, 1.82) is 0 Å². The molecule has 0 fully saturated rings. The quantitative estimate of drug-likeness (QED) is 0.180. The Hall–Kier alpha value is -4.88. The predicted octanol–water partition coefficient (Wildman–Crippen LogP) is 11.9. The van der Waals surface area contributed by atoms with E-state index >= 15 is 0 Å². The van der Waals surface area contributed by atoms with Crippen molar-refractivity contribution >= 4 is 40.6 Å². The molecule has 0 saturated heterocycles. The van der Waals surface area contributed by atoms with Gasteiger partial charge in [0, 0.05) is 17.5 Å². The Morgan fingerprint density at radius 1 is 0.881 bits per heavy atom. The zero-order valence-electron chi connectivity index (χ0n) is 24.6. The van der Waals surface area contributed by atoms with Gasteiger partial charge in [-0.15, -0.1) is 0 Å². The highest BCUT2D eigenvalue weighted by Crippen LogP contribution is 2.38. The van der Waals surface area contributed by atoms with Crippen molar-refractivity contribution in [3.63, 3.8) is 0 Å². The molecule has 0 aliphatic heterocycles. The van der Waals surface area contributed by atoms with Crippen LogP contribution in [0.4, 0.5) is 0 Å². The van der Waals surface area contributed by atoms with Gasteiger partial charge in [-0.3, -0.25) is 0 Å². The van der Waals surface area contributed by atoms with Crippen molar-refractivity contribution in [2.45, 2.75) is 33.1 Å². The molecule has 208 valence electrons. The lowest BCUT2D eigenvalue weighted by atomic mass is 9.87. The highest BCUT2D eigenvalue weighted by molar-refractivity contribution is 6.06. The van der Waals surface area contributed by atoms with Gasteiger partial charge in [0.15, 0.2) is 0 Å². The highest BCUT2D eigenvalue weighted by atomic mass is 16.3. The maximum Gasteiger partial charge on any atom is 0.134 e. The van der Waals surface area contributed by atoms with Crippen LogP contribution >= 0.6 is 0 Å². The summed E-state index contributed by atoms with van der Waals surface area (Å²) in [6.45, 7) is 8.11. The van der Waals surface area contributed by atoms with E-state index in [1.807, 2.05) is 26.0 Å². The standard InChI is InChI=1S/C41H38O/c1-4-7-10-24-33-30-38(31-21-11-8-12-22-31)34-25-15-16-28-37(34)41(33)32(19-5-2)23-13-9-14-26-35-36-27-17-18-29-40(36)42-39(35)20-6-3/h4-8,10-17,19-28,30H,2,9,18,29H2,1,3H3/b7-4-,20-6-,23-13-,24-10-,26-14+,32-19+. The molecule has 0 atom stereocenters. The minimum absolute atomic E-state index is 0.803. The maximum absolute atomic E-state index is 6.16. The Bertz CT molecular complexity index is 1760. The van der Waals surface area contributed by atoms with Crippen LogP contribution in [0.2, 0.25) is 0 Å². The molecule has 4 aromatic rings. The summed E-state index contributed by atoms with van der Waals surface area (Å²) < 4.78 is 6.16. The molecular weight excluding hydrogens is 508 g/mol. The number of rotatable bonds is 10. The minimum atomic E-state index is 0.803. The average molecular weight is 547 g/mol. The molecule has 42 heavy (non-hydrogen) atoms. The number of hydrogen-bond donors (Lipinski definition) is 0. The molecule has 0 radical (unpaired) electrons. The number of fused-ring (bicyclic) bond motifs is 2. The lowest BCUT2D eigenvalue weighted by Crippen LogP contribution is -1.93. The molecule has 1 aliphatic carbocycles. The molecule has 0 saturated carbocycles. The summed E-state index contributed by atoms with van der Waals surface area (Å²) in [6.07, 6.45) is 32.6. The molecule has 1 aromatic heterocycles. The smallest absolute Gasteiger partial charge is 0.134 e. The molecule has 0 spiro atoms. The van der Waals surface area contributed by atoms with E-state index in [1.165, 1.54) is 38.6 Å². The normalized spacial score (nSPS) is 14.0. The van der Waals surface area contributed by atoms with Gasteiger partial charge in [-0.25, -0.2) is 0 Å². The molecule has 0 unspecified atom stereocenters. The average Bonchev–Trinajstić information content (AvgIpc) is 3.37. The van der Waals surface area contributed by atoms with E-state index in [0.717, 1.165) is 41.9 Å². The van der Waals surface area contributed by atoms with Crippen LogP contribution in [0.1, 0.15) is 60.5 Å². The summed E-state index contributed by atoms with van der Waals surface area (Å²) in [5, 5.41) is 2.46. The fourth-order valence-electron chi connectivity index (χ4n) is 5.54. The van der Waals surface area contributed by atoms with Crippen molar-refractivity contribution in [3.05, 3.63) is 162 Å². The van der Waals surface area contributed by atoms with Crippen LogP contribution in [0, 0.1) is 0 Å². The fraction of sp³-hybridized carbons (Fsp3) is 0.122. The highest BCUT2D eigenvalue weighted by Gasteiger charge is 2.17. The summed E-state index contributed by atoms with van der Waals surface area (Å²) in [7, 11) is 0. The van der Waals surface area contributed by atoms with E-state index < -0.39 is 0 Å². The second kappa shape index (κ2) is 14.1. The van der Waals surface area contributed by atoms with E-state index in [2.05, 4.69) is 140 Å². The van der Waals surface area contributed by atoms with E-state index in [4.69, 9.17) is 4.42 Å². The molecule has 0 bridgehead atoms. The number of hydrogen-bond acceptors (Lipinski definition) is 1. The lowest BCUT2D eigenvalue weighted by molar-refractivity contribution is 0.499. The van der Waals surface area contributed by atoms with Crippen LogP contribution in [0.3, 0.4) is 0 Å². The summed E-state index contributed by atoms with van der Waals surface area (Å²) >= 11 is 0. The molecule has 1 heterocycles. The number of allylic oxidation sites excluding steroid dienone is 11. The van der Waals surface area contributed by atoms with E-state index in [1.54, 1.807) is 0 Å². The first-order chi connectivity index (χ1) is 20.7. The van der Waals surface area contributed by atoms with Gasteiger partial charge in [-0.2, -0.15) is 0 Å². The monoisotopic (exact) mass is 546 g/mol. The number of aryl methyl sites for hydroxylation is 1. The molecule has 1 heteroatoms. The van der Waals surface area contributed by atoms with Crippen LogP contribution in [-0.4, -0.2) is 0 Å². The zero-order chi connectivity index (χ0) is 29.1. The van der Waals surface area contributed by atoms with Gasteiger partial charge in [-0.05, 0) is 77.4 Å². The molecular formula is C41H38O. The zero-order valence-corrected chi connectivity index (χ0v) is 24.6. The minimum Gasteiger partial charge on any atom is -0.460 e. The van der Waals surface area contributed by atoms with Gasteiger partial charge < -0.3 is 4.42 Å². The van der Waals surface area contributed by atoms with Crippen LogP contribution < -0.4 is 0 Å². The summed E-state index contributed by atoms with van der Waals surface area (Å²) in [6, 6.07) is 21.6. The number of benzene rings is 3. The fourth-order valence-corrected chi connectivity index (χ4v) is 5.54. The van der Waals surface area contributed by atoms with Crippen molar-refractivity contribution in [2.75, 3.05) is 0 Å². The van der Waals surface area contributed by atoms with Gasteiger partial charge in [-0.1, -0.05) is 140 Å². The topological polar surface area (TPSA) is 13.1 Å². The summed E-state index contributed by atoms with van der Waals surface area (Å²) in [5.74, 6) is 2.02. The van der Waals surface area contributed by atoms with Gasteiger partial charge >= 0.3 is 0 Å². The third-order valence-corrected chi connectivity index (χ3v) is 7.41. The predicted molar refractivity (Wildman–Crippen MR) is 185 cm³/mol. The Kier molecular flexibility index (Phi) is 9.65. The first-order valence-corrected chi connectivity index (χ1v) is 14.8. The van der Waals surface area contributed by atoms with Crippen LogP contribution in [-0.2, 0) is 6.42 Å². The van der Waals surface area contributed by atoms with Crippen LogP contribution in [0.25, 0.3) is 51.8 Å². The second-order valence-corrected chi connectivity index (χ2v) is 10.2. The van der Waals surface area contributed by atoms with Crippen molar-refractivity contribution in [3.8, 4) is 11.1 Å². The van der Waals surface area contributed by atoms with Crippen molar-refractivity contribution < 1.29 is 4.42 Å². The van der Waals surface area contributed by atoms with Crippen LogP contribution in [0.15, 0.2) is 132 Å². The Morgan fingerprint density at radius 3 is 2.48 bits per heavy atom. The second-order valence-electron chi connectivity index (χ2n) is 10.2. The molecule has 0 amide bonds. The Balaban J connectivity index is 1.53. The van der Waals surface area contributed by atoms with E-state index in [-0.39, 0.29) is 0 Å². The first-order valence-electron chi connectivity index (χ1n) is 14.8. The van der Waals surface area contributed by atoms with Crippen molar-refractivity contribution in [1.82, 2.24) is 0 Å². The van der Waals surface area contributed by atoms with E-state index in [0.29, 0.717) is 0 Å². The summed E-state index contributed by atoms with van der Waals surface area (Å²) in [5.41, 5.74) is 8.33. The first kappa shape index (κ1) is 28.6. The van der Waals surface area contributed by atoms with Crippen molar-refractivity contribution in [2.24, 2.45) is 0 Å². The van der Waals surface area contributed by atoms with Gasteiger partial charge in [0.1, 0.15) is 11.5 Å². The molecule has 5 rings (SSSR count). The largest absolute Gasteiger partial charge is 0.460 e. The summed E-state index contributed by atoms with van der Waals surface area (Å²) in [4.78, 5) is 0. The molecule has 1 aliphatic rings. The molecule has 3 aromatic carbocycles. The lowest BCUT2D eigenvalue weighted by Gasteiger charge is -2.16. The third kappa shape index (κ3) is 6.37. The van der Waals surface area contributed by atoms with Gasteiger partial charge in [0.25, 0.3) is 0 Å². The third-order valence-electron chi connectivity index (χ3n) is 7.41. The number of furan rings is 1. The molecule has 1 nitrogen and oxygen atoms in total. The SMILES string of the molecule is C=C/C=C(\C=C/C/C=C/c1c(/C=C\C)oc2c1C=CCC2)c1c(/C=C\C=C/C)cc(-c2ccccc2)c2ccccc12. The Morgan fingerprint density at radius 2 is 1.69 bits per heavy atom. The Labute approximate surface area is 250 Å². The van der Waals surface area contributed by atoms with Gasteiger partial charge in [0.05, 0.1) is 0 Å². The van der Waals surface area contributed by atoms with E-state index in [9.17, 15) is 0 Å². The maximum atomic E-state index is 6.16. The van der Waals surface area contributed by atoms with Crippen LogP contribution in [0.5, 0.6) is 0 Å². The molecule has 0 N–H and O–H groups in total.